The largest absolute Gasteiger partial charge is 0.377 e. The zero-order valence-electron chi connectivity index (χ0n) is 11.2. The Morgan fingerprint density at radius 2 is 2.06 bits per heavy atom. The second-order valence-corrected chi connectivity index (χ2v) is 5.24. The third-order valence-electron chi connectivity index (χ3n) is 4.08. The lowest BCUT2D eigenvalue weighted by Gasteiger charge is -2.35. The topological polar surface area (TPSA) is 38.5 Å². The molecule has 3 heteroatoms. The molecule has 0 aromatic carbocycles. The van der Waals surface area contributed by atoms with Crippen LogP contribution in [0.4, 0.5) is 0 Å². The quantitative estimate of drug-likeness (QED) is 0.723. The highest BCUT2D eigenvalue weighted by molar-refractivity contribution is 4.82. The molecule has 1 heterocycles. The standard InChI is InChI=1S/C13H28N2O/c1-4-13(5-2,10-14)11-15(3)9-12-7-6-8-16-12/h12H,4-11,14H2,1-3H3. The molecule has 1 saturated heterocycles. The molecule has 0 bridgehead atoms. The Morgan fingerprint density at radius 3 is 2.50 bits per heavy atom. The lowest BCUT2D eigenvalue weighted by atomic mass is 9.82. The van der Waals surface area contributed by atoms with Gasteiger partial charge in [-0.15, -0.1) is 0 Å². The van der Waals surface area contributed by atoms with E-state index in [1.165, 1.54) is 12.8 Å². The lowest BCUT2D eigenvalue weighted by molar-refractivity contribution is 0.0638. The molecule has 1 unspecified atom stereocenters. The van der Waals surface area contributed by atoms with Crippen molar-refractivity contribution < 1.29 is 4.74 Å². The van der Waals surface area contributed by atoms with Crippen molar-refractivity contribution in [3.8, 4) is 0 Å². The van der Waals surface area contributed by atoms with Crippen LogP contribution in [0.25, 0.3) is 0 Å². The summed E-state index contributed by atoms with van der Waals surface area (Å²) in [5.74, 6) is 0. The van der Waals surface area contributed by atoms with Crippen LogP contribution in [-0.2, 0) is 4.74 Å². The van der Waals surface area contributed by atoms with E-state index in [2.05, 4.69) is 25.8 Å². The number of likely N-dealkylation sites (N-methyl/N-ethyl adjacent to an activating group) is 1. The number of ether oxygens (including phenoxy) is 1. The van der Waals surface area contributed by atoms with Crippen LogP contribution in [0.3, 0.4) is 0 Å². The van der Waals surface area contributed by atoms with Crippen LogP contribution in [0.15, 0.2) is 0 Å². The Labute approximate surface area is 100 Å². The molecule has 0 aliphatic carbocycles. The summed E-state index contributed by atoms with van der Waals surface area (Å²) in [6.07, 6.45) is 5.22. The molecule has 0 spiro atoms. The zero-order chi connectivity index (χ0) is 12.0. The predicted octanol–water partition coefficient (Wildman–Crippen LogP) is 1.86. The van der Waals surface area contributed by atoms with Gasteiger partial charge in [0.05, 0.1) is 6.10 Å². The molecule has 16 heavy (non-hydrogen) atoms. The molecule has 0 radical (unpaired) electrons. The van der Waals surface area contributed by atoms with E-state index >= 15 is 0 Å². The minimum atomic E-state index is 0.299. The number of nitrogens with two attached hydrogens (primary N) is 1. The van der Waals surface area contributed by atoms with Crippen LogP contribution in [0.5, 0.6) is 0 Å². The summed E-state index contributed by atoms with van der Waals surface area (Å²) >= 11 is 0. The highest BCUT2D eigenvalue weighted by Gasteiger charge is 2.27. The Bertz CT molecular complexity index is 178. The predicted molar refractivity (Wildman–Crippen MR) is 68.5 cm³/mol. The summed E-state index contributed by atoms with van der Waals surface area (Å²) in [4.78, 5) is 2.40. The summed E-state index contributed by atoms with van der Waals surface area (Å²) in [6.45, 7) is 8.38. The molecule has 96 valence electrons. The van der Waals surface area contributed by atoms with Gasteiger partial charge >= 0.3 is 0 Å². The van der Waals surface area contributed by atoms with Crippen molar-refractivity contribution in [2.24, 2.45) is 11.1 Å². The highest BCUT2D eigenvalue weighted by Crippen LogP contribution is 2.26. The summed E-state index contributed by atoms with van der Waals surface area (Å²) in [6, 6.07) is 0. The molecule has 0 aromatic heterocycles. The maximum Gasteiger partial charge on any atom is 0.0702 e. The Kier molecular flexibility index (Phi) is 5.73. The Balaban J connectivity index is 2.38. The Morgan fingerprint density at radius 1 is 1.38 bits per heavy atom. The first kappa shape index (κ1) is 13.9. The maximum absolute atomic E-state index is 5.93. The first-order valence-electron chi connectivity index (χ1n) is 6.66. The molecule has 1 atom stereocenters. The van der Waals surface area contributed by atoms with Crippen molar-refractivity contribution in [2.45, 2.75) is 45.6 Å². The number of rotatable bonds is 7. The summed E-state index contributed by atoms with van der Waals surface area (Å²) < 4.78 is 5.67. The smallest absolute Gasteiger partial charge is 0.0702 e. The van der Waals surface area contributed by atoms with Gasteiger partial charge in [-0.2, -0.15) is 0 Å². The molecular weight excluding hydrogens is 200 g/mol. The normalized spacial score (nSPS) is 21.9. The van der Waals surface area contributed by atoms with E-state index in [0.717, 1.165) is 39.1 Å². The number of hydrogen-bond acceptors (Lipinski definition) is 3. The van der Waals surface area contributed by atoms with Crippen molar-refractivity contribution >= 4 is 0 Å². The lowest BCUT2D eigenvalue weighted by Crippen LogP contribution is -2.42. The van der Waals surface area contributed by atoms with Gasteiger partial charge in [-0.1, -0.05) is 13.8 Å². The minimum absolute atomic E-state index is 0.299. The number of hydrogen-bond donors (Lipinski definition) is 1. The first-order chi connectivity index (χ1) is 7.65. The van der Waals surface area contributed by atoms with Gasteiger partial charge in [-0.3, -0.25) is 0 Å². The van der Waals surface area contributed by atoms with E-state index in [4.69, 9.17) is 10.5 Å². The molecule has 2 N–H and O–H groups in total. The second-order valence-electron chi connectivity index (χ2n) is 5.24. The summed E-state index contributed by atoms with van der Waals surface area (Å²) in [7, 11) is 2.19. The van der Waals surface area contributed by atoms with Crippen LogP contribution >= 0.6 is 0 Å². The van der Waals surface area contributed by atoms with Crippen LogP contribution < -0.4 is 5.73 Å². The van der Waals surface area contributed by atoms with Crippen LogP contribution in [0.2, 0.25) is 0 Å². The first-order valence-corrected chi connectivity index (χ1v) is 6.66. The monoisotopic (exact) mass is 228 g/mol. The third kappa shape index (κ3) is 3.72. The average molecular weight is 228 g/mol. The average Bonchev–Trinajstić information content (AvgIpc) is 2.79. The van der Waals surface area contributed by atoms with Gasteiger partial charge in [0.2, 0.25) is 0 Å². The van der Waals surface area contributed by atoms with E-state index < -0.39 is 0 Å². The Hall–Kier alpha value is -0.120. The van der Waals surface area contributed by atoms with Crippen molar-refractivity contribution in [2.75, 3.05) is 33.3 Å². The van der Waals surface area contributed by atoms with Gasteiger partial charge in [0, 0.05) is 19.7 Å². The molecule has 1 rings (SSSR count). The van der Waals surface area contributed by atoms with Gasteiger partial charge in [-0.25, -0.2) is 0 Å². The highest BCUT2D eigenvalue weighted by atomic mass is 16.5. The molecule has 3 nitrogen and oxygen atoms in total. The van der Waals surface area contributed by atoms with Gasteiger partial charge in [0.25, 0.3) is 0 Å². The maximum atomic E-state index is 5.93. The molecular formula is C13H28N2O. The van der Waals surface area contributed by atoms with Gasteiger partial charge < -0.3 is 15.4 Å². The number of nitrogens with zero attached hydrogens (tertiary/aromatic N) is 1. The molecule has 0 aromatic rings. The fourth-order valence-corrected chi connectivity index (χ4v) is 2.60. The summed E-state index contributed by atoms with van der Waals surface area (Å²) in [5, 5.41) is 0. The van der Waals surface area contributed by atoms with E-state index in [1.54, 1.807) is 0 Å². The van der Waals surface area contributed by atoms with Crippen molar-refractivity contribution in [3.63, 3.8) is 0 Å². The summed E-state index contributed by atoms with van der Waals surface area (Å²) in [5.41, 5.74) is 6.23. The third-order valence-corrected chi connectivity index (χ3v) is 4.08. The molecule has 0 amide bonds. The van der Waals surface area contributed by atoms with E-state index in [0.29, 0.717) is 11.5 Å². The van der Waals surface area contributed by atoms with Gasteiger partial charge in [-0.05, 0) is 44.7 Å². The fraction of sp³-hybridized carbons (Fsp3) is 1.00. The van der Waals surface area contributed by atoms with Crippen LogP contribution in [0.1, 0.15) is 39.5 Å². The van der Waals surface area contributed by atoms with Crippen LogP contribution in [-0.4, -0.2) is 44.3 Å². The van der Waals surface area contributed by atoms with Crippen molar-refractivity contribution in [3.05, 3.63) is 0 Å². The molecule has 0 saturated carbocycles. The molecule has 1 fully saturated rings. The molecule has 1 aliphatic rings. The van der Waals surface area contributed by atoms with E-state index in [-0.39, 0.29) is 0 Å². The fourth-order valence-electron chi connectivity index (χ4n) is 2.60. The van der Waals surface area contributed by atoms with Crippen molar-refractivity contribution in [1.29, 1.82) is 0 Å². The van der Waals surface area contributed by atoms with Gasteiger partial charge in [0.1, 0.15) is 0 Å². The van der Waals surface area contributed by atoms with Crippen molar-refractivity contribution in [1.82, 2.24) is 4.90 Å². The zero-order valence-corrected chi connectivity index (χ0v) is 11.2. The second kappa shape index (κ2) is 6.58. The van der Waals surface area contributed by atoms with Gasteiger partial charge in [0.15, 0.2) is 0 Å². The van der Waals surface area contributed by atoms with E-state index in [9.17, 15) is 0 Å². The molecule has 1 aliphatic heterocycles. The van der Waals surface area contributed by atoms with Crippen LogP contribution in [0, 0.1) is 5.41 Å². The minimum Gasteiger partial charge on any atom is -0.377 e. The SMILES string of the molecule is CCC(CC)(CN)CN(C)CC1CCCO1. The van der Waals surface area contributed by atoms with E-state index in [1.807, 2.05) is 0 Å².